The highest BCUT2D eigenvalue weighted by molar-refractivity contribution is 7.20. The van der Waals surface area contributed by atoms with E-state index in [0.29, 0.717) is 36.3 Å². The van der Waals surface area contributed by atoms with E-state index in [2.05, 4.69) is 4.98 Å². The van der Waals surface area contributed by atoms with Crippen molar-refractivity contribution in [2.75, 3.05) is 13.6 Å². The molecule has 5 nitrogen and oxygen atoms in total. The van der Waals surface area contributed by atoms with Gasteiger partial charge in [-0.15, -0.1) is 22.7 Å². The third-order valence-electron chi connectivity index (χ3n) is 7.03. The Labute approximate surface area is 249 Å². The lowest BCUT2D eigenvalue weighted by Crippen LogP contribution is -2.28. The Kier molecular flexibility index (Phi) is 8.74. The van der Waals surface area contributed by atoms with E-state index in [1.165, 1.54) is 23.5 Å². The summed E-state index contributed by atoms with van der Waals surface area (Å²) in [5, 5.41) is 4.57. The van der Waals surface area contributed by atoms with Crippen LogP contribution in [0.4, 0.5) is 13.2 Å². The first kappa shape index (κ1) is 29.5. The van der Waals surface area contributed by atoms with Gasteiger partial charge in [0.2, 0.25) is 0 Å². The molecule has 0 atom stereocenters. The minimum atomic E-state index is -4.47. The van der Waals surface area contributed by atoms with Crippen molar-refractivity contribution in [3.8, 4) is 21.1 Å². The molecule has 0 aliphatic rings. The molecule has 2 aromatic carbocycles. The van der Waals surface area contributed by atoms with E-state index in [9.17, 15) is 22.8 Å². The molecule has 0 saturated carbocycles. The fraction of sp³-hybridized carbons (Fsp3) is 0.219. The molecule has 0 fully saturated rings. The third kappa shape index (κ3) is 6.55. The number of carbonyl (C=O) groups is 2. The van der Waals surface area contributed by atoms with Gasteiger partial charge in [-0.3, -0.25) is 9.59 Å². The van der Waals surface area contributed by atoms with Gasteiger partial charge in [-0.05, 0) is 48.1 Å². The van der Waals surface area contributed by atoms with Crippen LogP contribution in [0.3, 0.4) is 0 Å². The van der Waals surface area contributed by atoms with Crippen LogP contribution in [-0.4, -0.2) is 39.7 Å². The van der Waals surface area contributed by atoms with Gasteiger partial charge in [0.25, 0.3) is 5.91 Å². The Bertz CT molecular complexity index is 1690. The highest BCUT2D eigenvalue weighted by Gasteiger charge is 2.30. The molecule has 0 aliphatic heterocycles. The lowest BCUT2D eigenvalue weighted by atomic mass is 10.0. The molecule has 3 aromatic heterocycles. The minimum Gasteiger partial charge on any atom is -0.344 e. The van der Waals surface area contributed by atoms with Crippen LogP contribution < -0.4 is 0 Å². The van der Waals surface area contributed by atoms with Gasteiger partial charge >= 0.3 is 6.18 Å². The van der Waals surface area contributed by atoms with Crippen LogP contribution >= 0.6 is 22.7 Å². The van der Waals surface area contributed by atoms with Gasteiger partial charge in [0, 0.05) is 48.9 Å². The lowest BCUT2D eigenvalue weighted by molar-refractivity contribution is -0.137. The predicted octanol–water partition coefficient (Wildman–Crippen LogP) is 8.26. The van der Waals surface area contributed by atoms with Crippen molar-refractivity contribution in [1.29, 1.82) is 0 Å². The minimum absolute atomic E-state index is 0.138. The van der Waals surface area contributed by atoms with Gasteiger partial charge in [0.15, 0.2) is 5.78 Å². The van der Waals surface area contributed by atoms with E-state index < -0.39 is 11.7 Å². The molecule has 0 bridgehead atoms. The summed E-state index contributed by atoms with van der Waals surface area (Å²) in [6.07, 6.45) is -3.98. The summed E-state index contributed by atoms with van der Waals surface area (Å²) >= 11 is 3.02. The fourth-order valence-electron chi connectivity index (χ4n) is 4.85. The summed E-state index contributed by atoms with van der Waals surface area (Å²) in [6.45, 7) is 2.87. The first-order valence-corrected chi connectivity index (χ1v) is 15.1. The van der Waals surface area contributed by atoms with E-state index in [1.54, 1.807) is 28.7 Å². The highest BCUT2D eigenvalue weighted by atomic mass is 32.1. The maximum Gasteiger partial charge on any atom is 0.416 e. The van der Waals surface area contributed by atoms with Crippen molar-refractivity contribution in [2.45, 2.75) is 32.5 Å². The second-order valence-electron chi connectivity index (χ2n) is 9.94. The monoisotopic (exact) mass is 607 g/mol. The molecule has 216 valence electrons. The number of carbonyl (C=O) groups excluding carboxylic acids is 2. The molecular formula is C32H28F3N3O2S2. The molecule has 0 saturated heterocycles. The summed E-state index contributed by atoms with van der Waals surface area (Å²) in [5.74, 6) is -0.404. The number of aromatic nitrogens is 2. The zero-order valence-electron chi connectivity index (χ0n) is 23.0. The summed E-state index contributed by atoms with van der Waals surface area (Å²) in [4.78, 5) is 33.6. The zero-order valence-corrected chi connectivity index (χ0v) is 24.7. The topological polar surface area (TPSA) is 55.2 Å². The van der Waals surface area contributed by atoms with E-state index in [0.717, 1.165) is 39.0 Å². The van der Waals surface area contributed by atoms with Crippen LogP contribution in [0.2, 0.25) is 0 Å². The summed E-state index contributed by atoms with van der Waals surface area (Å²) in [5.41, 5.74) is 2.93. The van der Waals surface area contributed by atoms with E-state index in [4.69, 9.17) is 0 Å². The van der Waals surface area contributed by atoms with Crippen molar-refractivity contribution in [1.82, 2.24) is 14.5 Å². The number of nitrogens with zero attached hydrogens (tertiary/aromatic N) is 3. The lowest BCUT2D eigenvalue weighted by Gasteiger charge is -2.18. The number of hydrogen-bond donors (Lipinski definition) is 0. The van der Waals surface area contributed by atoms with Crippen molar-refractivity contribution in [2.24, 2.45) is 0 Å². The van der Waals surface area contributed by atoms with Crippen molar-refractivity contribution < 1.29 is 22.8 Å². The SMILES string of the molecule is Cc1c(C(=O)Cc2cccc(C(F)(F)F)c2)cc(-c2ccccc2)n1CCCN(C)C(=O)c1csc(-c2cccs2)n1. The van der Waals surface area contributed by atoms with Gasteiger partial charge in [0.1, 0.15) is 10.7 Å². The van der Waals surface area contributed by atoms with Crippen LogP contribution in [0.25, 0.3) is 21.1 Å². The molecule has 1 amide bonds. The van der Waals surface area contributed by atoms with E-state index >= 15 is 0 Å². The Morgan fingerprint density at radius 3 is 2.48 bits per heavy atom. The quantitative estimate of drug-likeness (QED) is 0.150. The Hall–Kier alpha value is -4.02. The largest absolute Gasteiger partial charge is 0.416 e. The first-order chi connectivity index (χ1) is 20.1. The van der Waals surface area contributed by atoms with Crippen LogP contribution in [-0.2, 0) is 19.1 Å². The Morgan fingerprint density at radius 1 is 0.976 bits per heavy atom. The number of benzene rings is 2. The van der Waals surface area contributed by atoms with E-state index in [-0.39, 0.29) is 18.1 Å². The van der Waals surface area contributed by atoms with Crippen LogP contribution in [0.15, 0.2) is 83.6 Å². The van der Waals surface area contributed by atoms with Gasteiger partial charge in [-0.25, -0.2) is 4.98 Å². The second kappa shape index (κ2) is 12.5. The number of ketones is 1. The molecule has 5 rings (SSSR count). The van der Waals surface area contributed by atoms with Crippen molar-refractivity contribution in [3.05, 3.63) is 112 Å². The molecule has 0 radical (unpaired) electrons. The van der Waals surface area contributed by atoms with Crippen LogP contribution in [0.1, 0.15) is 44.1 Å². The summed E-state index contributed by atoms with van der Waals surface area (Å²) in [7, 11) is 1.75. The molecule has 10 heteroatoms. The number of thiazole rings is 1. The molecule has 0 aliphatic carbocycles. The Morgan fingerprint density at radius 2 is 1.76 bits per heavy atom. The number of Topliss-reactive ketones (excluding diaryl/α,β-unsaturated/α-hetero) is 1. The average Bonchev–Trinajstić information content (AvgIpc) is 3.74. The molecule has 3 heterocycles. The van der Waals surface area contributed by atoms with Gasteiger partial charge in [-0.2, -0.15) is 13.2 Å². The smallest absolute Gasteiger partial charge is 0.344 e. The highest BCUT2D eigenvalue weighted by Crippen LogP contribution is 2.31. The summed E-state index contributed by atoms with van der Waals surface area (Å²) in [6, 6.07) is 20.3. The third-order valence-corrected chi connectivity index (χ3v) is 8.91. The Balaban J connectivity index is 1.32. The van der Waals surface area contributed by atoms with Gasteiger partial charge < -0.3 is 9.47 Å². The summed E-state index contributed by atoms with van der Waals surface area (Å²) < 4.78 is 41.7. The van der Waals surface area contributed by atoms with Crippen LogP contribution in [0, 0.1) is 6.92 Å². The maximum absolute atomic E-state index is 13.4. The zero-order chi connectivity index (χ0) is 29.9. The maximum atomic E-state index is 13.4. The molecular weight excluding hydrogens is 579 g/mol. The normalized spacial score (nSPS) is 11.5. The van der Waals surface area contributed by atoms with Crippen molar-refractivity contribution >= 4 is 34.4 Å². The van der Waals surface area contributed by atoms with Gasteiger partial charge in [-0.1, -0.05) is 54.6 Å². The molecule has 0 unspecified atom stereocenters. The number of hydrogen-bond acceptors (Lipinski definition) is 5. The number of alkyl halides is 3. The number of rotatable bonds is 10. The molecule has 0 spiro atoms. The first-order valence-electron chi connectivity index (χ1n) is 13.3. The van der Waals surface area contributed by atoms with Crippen molar-refractivity contribution in [3.63, 3.8) is 0 Å². The van der Waals surface area contributed by atoms with Crippen LogP contribution in [0.5, 0.6) is 0 Å². The van der Waals surface area contributed by atoms with E-state index in [1.807, 2.05) is 65.4 Å². The standard InChI is InChI=1S/C32H28F3N3O2S2/c1-21-25(28(39)18-22-9-6-12-24(17-22)32(33,34)35)19-27(23-10-4-3-5-11-23)38(21)15-8-14-37(2)31(40)26-20-42-30(36-26)29-13-7-16-41-29/h3-7,9-13,16-17,19-20H,8,14-15,18H2,1-2H3. The second-order valence-corrected chi connectivity index (χ2v) is 11.7. The molecule has 42 heavy (non-hydrogen) atoms. The number of amides is 1. The van der Waals surface area contributed by atoms with Gasteiger partial charge in [0.05, 0.1) is 10.4 Å². The molecule has 5 aromatic rings. The fourth-order valence-corrected chi connectivity index (χ4v) is 6.46. The molecule has 0 N–H and O–H groups in total. The number of halogens is 3. The average molecular weight is 608 g/mol. The predicted molar refractivity (Wildman–Crippen MR) is 161 cm³/mol. The number of thiophene rings is 1.